The van der Waals surface area contributed by atoms with Crippen LogP contribution >= 0.6 is 23.2 Å². The molecule has 1 aromatic heterocycles. The average molecular weight is 389 g/mol. The van der Waals surface area contributed by atoms with Crippen LogP contribution in [0.1, 0.15) is 20.8 Å². The number of benzene rings is 2. The Kier molecular flexibility index (Phi) is 5.25. The second-order valence-electron chi connectivity index (χ2n) is 5.40. The smallest absolute Gasteiger partial charge is 0.274 e. The maximum absolute atomic E-state index is 12.7. The quantitative estimate of drug-likeness (QED) is 0.701. The Morgan fingerprint density at radius 3 is 1.92 bits per heavy atom. The van der Waals surface area contributed by atoms with Gasteiger partial charge >= 0.3 is 0 Å². The van der Waals surface area contributed by atoms with Gasteiger partial charge in [0.15, 0.2) is 0 Å². The van der Waals surface area contributed by atoms with Crippen molar-refractivity contribution in [2.45, 2.75) is 0 Å². The van der Waals surface area contributed by atoms with Gasteiger partial charge in [-0.05, 0) is 24.3 Å². The van der Waals surface area contributed by atoms with Crippen LogP contribution in [0.15, 0.2) is 54.7 Å². The SMILES string of the molecule is Cn1ncc(C(=O)Nc2ccccc2Cl)c1C(=O)Nc1ccccc1Cl. The molecule has 132 valence electrons. The largest absolute Gasteiger partial charge is 0.321 e. The molecule has 2 amide bonds. The molecule has 0 fully saturated rings. The molecule has 0 saturated carbocycles. The maximum Gasteiger partial charge on any atom is 0.274 e. The molecule has 3 rings (SSSR count). The van der Waals surface area contributed by atoms with Crippen LogP contribution in [-0.2, 0) is 7.05 Å². The second-order valence-corrected chi connectivity index (χ2v) is 6.21. The van der Waals surface area contributed by atoms with Gasteiger partial charge in [0, 0.05) is 7.05 Å². The molecule has 8 heteroatoms. The van der Waals surface area contributed by atoms with Crippen LogP contribution in [0, 0.1) is 0 Å². The second kappa shape index (κ2) is 7.59. The first-order valence-corrected chi connectivity index (χ1v) is 8.36. The number of anilines is 2. The highest BCUT2D eigenvalue weighted by Crippen LogP contribution is 2.23. The van der Waals surface area contributed by atoms with Gasteiger partial charge in [-0.1, -0.05) is 47.5 Å². The van der Waals surface area contributed by atoms with Crippen molar-refractivity contribution in [2.75, 3.05) is 10.6 Å². The standard InChI is InChI=1S/C18H14Cl2N4O2/c1-24-16(18(26)23-15-9-5-3-7-13(15)20)11(10-21-24)17(25)22-14-8-4-2-6-12(14)19/h2-10H,1H3,(H,22,25)(H,23,26). The minimum Gasteiger partial charge on any atom is -0.321 e. The summed E-state index contributed by atoms with van der Waals surface area (Å²) in [5.74, 6) is -0.988. The van der Waals surface area contributed by atoms with Gasteiger partial charge in [-0.25, -0.2) is 0 Å². The van der Waals surface area contributed by atoms with Gasteiger partial charge in [-0.3, -0.25) is 14.3 Å². The van der Waals surface area contributed by atoms with Crippen molar-refractivity contribution in [3.8, 4) is 0 Å². The minimum atomic E-state index is -0.498. The average Bonchev–Trinajstić information content (AvgIpc) is 3.01. The zero-order valence-electron chi connectivity index (χ0n) is 13.7. The zero-order chi connectivity index (χ0) is 18.7. The lowest BCUT2D eigenvalue weighted by Gasteiger charge is -2.10. The van der Waals surface area contributed by atoms with Crippen LogP contribution in [0.3, 0.4) is 0 Å². The lowest BCUT2D eigenvalue weighted by molar-refractivity contribution is 0.0985. The summed E-state index contributed by atoms with van der Waals surface area (Å²) < 4.78 is 1.33. The number of amides is 2. The van der Waals surface area contributed by atoms with E-state index in [-0.39, 0.29) is 11.3 Å². The third kappa shape index (κ3) is 3.71. The highest BCUT2D eigenvalue weighted by atomic mass is 35.5. The Hall–Kier alpha value is -2.83. The molecule has 0 atom stereocenters. The molecule has 0 spiro atoms. The highest BCUT2D eigenvalue weighted by molar-refractivity contribution is 6.34. The van der Waals surface area contributed by atoms with E-state index >= 15 is 0 Å². The summed E-state index contributed by atoms with van der Waals surface area (Å²) in [6, 6.07) is 13.7. The monoisotopic (exact) mass is 388 g/mol. The fourth-order valence-electron chi connectivity index (χ4n) is 2.37. The fraction of sp³-hybridized carbons (Fsp3) is 0.0556. The van der Waals surface area contributed by atoms with Crippen LogP contribution < -0.4 is 10.6 Å². The normalized spacial score (nSPS) is 10.4. The number of rotatable bonds is 4. The van der Waals surface area contributed by atoms with E-state index in [4.69, 9.17) is 23.2 Å². The molecule has 0 bridgehead atoms. The van der Waals surface area contributed by atoms with Gasteiger partial charge in [0.05, 0.1) is 33.2 Å². The minimum absolute atomic E-state index is 0.106. The van der Waals surface area contributed by atoms with Gasteiger partial charge in [0.1, 0.15) is 5.69 Å². The first-order valence-electron chi connectivity index (χ1n) is 7.61. The van der Waals surface area contributed by atoms with Crippen molar-refractivity contribution < 1.29 is 9.59 Å². The van der Waals surface area contributed by atoms with Crippen molar-refractivity contribution in [1.82, 2.24) is 9.78 Å². The Morgan fingerprint density at radius 2 is 1.38 bits per heavy atom. The molecule has 2 N–H and O–H groups in total. The Labute approximate surface area is 159 Å². The number of aromatic nitrogens is 2. The fourth-order valence-corrected chi connectivity index (χ4v) is 2.74. The number of halogens is 2. The molecular formula is C18H14Cl2N4O2. The molecular weight excluding hydrogens is 375 g/mol. The summed E-state index contributed by atoms with van der Waals surface area (Å²) in [6.45, 7) is 0. The van der Waals surface area contributed by atoms with Crippen LogP contribution in [0.2, 0.25) is 10.0 Å². The van der Waals surface area contributed by atoms with Crippen molar-refractivity contribution in [3.05, 3.63) is 76.0 Å². The van der Waals surface area contributed by atoms with E-state index in [9.17, 15) is 9.59 Å². The summed E-state index contributed by atoms with van der Waals surface area (Å²) >= 11 is 12.1. The van der Waals surface area contributed by atoms with Crippen LogP contribution in [0.5, 0.6) is 0 Å². The van der Waals surface area contributed by atoms with E-state index in [0.29, 0.717) is 21.4 Å². The third-order valence-electron chi connectivity index (χ3n) is 3.64. The first-order chi connectivity index (χ1) is 12.5. The Balaban J connectivity index is 1.87. The maximum atomic E-state index is 12.7. The number of nitrogens with zero attached hydrogens (tertiary/aromatic N) is 2. The van der Waals surface area contributed by atoms with E-state index in [1.54, 1.807) is 55.6 Å². The Bertz CT molecular complexity index is 985. The molecule has 3 aromatic rings. The Morgan fingerprint density at radius 1 is 0.885 bits per heavy atom. The first kappa shape index (κ1) is 18.0. The molecule has 0 unspecified atom stereocenters. The van der Waals surface area contributed by atoms with Crippen molar-refractivity contribution in [1.29, 1.82) is 0 Å². The van der Waals surface area contributed by atoms with Gasteiger partial charge in [0.25, 0.3) is 11.8 Å². The molecule has 0 radical (unpaired) electrons. The predicted molar refractivity (Wildman–Crippen MR) is 102 cm³/mol. The summed E-state index contributed by atoms with van der Waals surface area (Å²) in [5.41, 5.74) is 1.12. The lowest BCUT2D eigenvalue weighted by Crippen LogP contribution is -2.22. The van der Waals surface area contributed by atoms with Gasteiger partial charge in [-0.15, -0.1) is 0 Å². The van der Waals surface area contributed by atoms with Crippen molar-refractivity contribution >= 4 is 46.4 Å². The lowest BCUT2D eigenvalue weighted by atomic mass is 10.2. The number of aryl methyl sites for hydroxylation is 1. The molecule has 0 aliphatic rings. The highest BCUT2D eigenvalue weighted by Gasteiger charge is 2.23. The number of carbonyl (C=O) groups excluding carboxylic acids is 2. The molecule has 0 aliphatic carbocycles. The van der Waals surface area contributed by atoms with Crippen LogP contribution in [-0.4, -0.2) is 21.6 Å². The molecule has 1 heterocycles. The van der Waals surface area contributed by atoms with Crippen LogP contribution in [0.25, 0.3) is 0 Å². The number of nitrogens with one attached hydrogen (secondary N) is 2. The predicted octanol–water partition coefficient (Wildman–Crippen LogP) is 4.23. The topological polar surface area (TPSA) is 76.0 Å². The van der Waals surface area contributed by atoms with Gasteiger partial charge < -0.3 is 10.6 Å². The summed E-state index contributed by atoms with van der Waals surface area (Å²) in [7, 11) is 1.58. The molecule has 6 nitrogen and oxygen atoms in total. The van der Waals surface area contributed by atoms with Gasteiger partial charge in [0.2, 0.25) is 0 Å². The molecule has 26 heavy (non-hydrogen) atoms. The van der Waals surface area contributed by atoms with E-state index in [2.05, 4.69) is 15.7 Å². The van der Waals surface area contributed by atoms with E-state index in [1.807, 2.05) is 0 Å². The number of hydrogen-bond acceptors (Lipinski definition) is 3. The van der Waals surface area contributed by atoms with Crippen LogP contribution in [0.4, 0.5) is 11.4 Å². The molecule has 0 aliphatic heterocycles. The van der Waals surface area contributed by atoms with Crippen molar-refractivity contribution in [2.24, 2.45) is 7.05 Å². The summed E-state index contributed by atoms with van der Waals surface area (Å²) in [4.78, 5) is 25.3. The van der Waals surface area contributed by atoms with E-state index in [0.717, 1.165) is 0 Å². The summed E-state index contributed by atoms with van der Waals surface area (Å²) in [6.07, 6.45) is 1.33. The van der Waals surface area contributed by atoms with Gasteiger partial charge in [-0.2, -0.15) is 5.10 Å². The number of hydrogen-bond donors (Lipinski definition) is 2. The van der Waals surface area contributed by atoms with E-state index in [1.165, 1.54) is 10.9 Å². The third-order valence-corrected chi connectivity index (χ3v) is 4.30. The zero-order valence-corrected chi connectivity index (χ0v) is 15.2. The number of carbonyl (C=O) groups is 2. The number of para-hydroxylation sites is 2. The van der Waals surface area contributed by atoms with E-state index < -0.39 is 11.8 Å². The molecule has 0 saturated heterocycles. The summed E-state index contributed by atoms with van der Waals surface area (Å²) in [5, 5.41) is 10.2. The van der Waals surface area contributed by atoms with Crippen molar-refractivity contribution in [3.63, 3.8) is 0 Å². The molecule has 2 aromatic carbocycles.